The topological polar surface area (TPSA) is 35.3 Å². The quantitative estimate of drug-likeness (QED) is 0.596. The maximum atomic E-state index is 5.24. The summed E-state index contributed by atoms with van der Waals surface area (Å²) in [5, 5.41) is 3.84. The lowest BCUT2D eigenvalue weighted by atomic mass is 10.1. The fourth-order valence-electron chi connectivity index (χ4n) is 1.16. The van der Waals surface area contributed by atoms with Gasteiger partial charge in [-0.15, -0.1) is 0 Å². The van der Waals surface area contributed by atoms with E-state index in [4.69, 9.17) is 9.26 Å². The number of hydrogen-bond donors (Lipinski definition) is 0. The molecule has 3 heteroatoms. The van der Waals surface area contributed by atoms with Crippen molar-refractivity contribution in [1.29, 1.82) is 0 Å². The Kier molecular flexibility index (Phi) is 3.29. The molecule has 1 aliphatic rings. The van der Waals surface area contributed by atoms with Crippen molar-refractivity contribution in [1.82, 2.24) is 5.16 Å². The molecule has 1 aromatic rings. The molecule has 0 saturated carbocycles. The van der Waals surface area contributed by atoms with Crippen molar-refractivity contribution in [2.45, 2.75) is 33.8 Å². The summed E-state index contributed by atoms with van der Waals surface area (Å²) in [7, 11) is 0. The van der Waals surface area contributed by atoms with Crippen LogP contribution in [-0.2, 0) is 17.8 Å². The van der Waals surface area contributed by atoms with Crippen molar-refractivity contribution in [3.8, 4) is 0 Å². The van der Waals surface area contributed by atoms with Gasteiger partial charge in [0.1, 0.15) is 5.76 Å². The highest BCUT2D eigenvalue weighted by atomic mass is 16.5. The van der Waals surface area contributed by atoms with Crippen LogP contribution >= 0.6 is 0 Å². The molecule has 12 heavy (non-hydrogen) atoms. The van der Waals surface area contributed by atoms with Crippen molar-refractivity contribution in [3.63, 3.8) is 0 Å². The molecule has 0 unspecified atom stereocenters. The van der Waals surface area contributed by atoms with Crippen molar-refractivity contribution in [2.24, 2.45) is 0 Å². The second-order valence-electron chi connectivity index (χ2n) is 2.47. The van der Waals surface area contributed by atoms with Gasteiger partial charge in [0.2, 0.25) is 0 Å². The fourth-order valence-corrected chi connectivity index (χ4v) is 1.16. The van der Waals surface area contributed by atoms with Gasteiger partial charge >= 0.3 is 0 Å². The third-order valence-corrected chi connectivity index (χ3v) is 1.79. The minimum atomic E-state index is 0.671. The molecular formula is C9H15NO2. The maximum absolute atomic E-state index is 5.24. The summed E-state index contributed by atoms with van der Waals surface area (Å²) >= 11 is 0. The van der Waals surface area contributed by atoms with Crippen LogP contribution in [-0.4, -0.2) is 11.8 Å². The van der Waals surface area contributed by atoms with E-state index in [-0.39, 0.29) is 0 Å². The second-order valence-corrected chi connectivity index (χ2v) is 2.47. The first kappa shape index (κ1) is 9.26. The smallest absolute Gasteiger partial charge is 0.144 e. The molecule has 0 bridgehead atoms. The van der Waals surface area contributed by atoms with Crippen LogP contribution in [0.4, 0.5) is 0 Å². The molecule has 0 aliphatic carbocycles. The molecule has 0 N–H and O–H groups in total. The molecule has 0 saturated heterocycles. The third kappa shape index (κ3) is 1.67. The zero-order valence-electron chi connectivity index (χ0n) is 7.89. The molecule has 1 aromatic heterocycles. The lowest BCUT2D eigenvalue weighted by Gasteiger charge is -2.08. The number of aryl methyl sites for hydroxylation is 1. The summed E-state index contributed by atoms with van der Waals surface area (Å²) in [4.78, 5) is 0. The zero-order valence-corrected chi connectivity index (χ0v) is 7.89. The van der Waals surface area contributed by atoms with E-state index in [1.165, 1.54) is 0 Å². The predicted molar refractivity (Wildman–Crippen MR) is 45.9 cm³/mol. The van der Waals surface area contributed by atoms with Crippen LogP contribution in [0, 0.1) is 6.92 Å². The van der Waals surface area contributed by atoms with Crippen LogP contribution in [0.2, 0.25) is 0 Å². The van der Waals surface area contributed by atoms with Gasteiger partial charge in [0, 0.05) is 12.0 Å². The Morgan fingerprint density at radius 2 is 2.08 bits per heavy atom. The van der Waals surface area contributed by atoms with Gasteiger partial charge in [-0.2, -0.15) is 0 Å². The highest BCUT2D eigenvalue weighted by Gasteiger charge is 2.16. The SMILES string of the molecule is CC.Cc1noc2c1COCC2. The number of fused-ring (bicyclic) bond motifs is 1. The van der Waals surface area contributed by atoms with Crippen LogP contribution in [0.25, 0.3) is 0 Å². The molecule has 1 aliphatic heterocycles. The Hall–Kier alpha value is -0.830. The van der Waals surface area contributed by atoms with E-state index in [1.807, 2.05) is 20.8 Å². The molecule has 2 heterocycles. The first-order valence-corrected chi connectivity index (χ1v) is 4.39. The largest absolute Gasteiger partial charge is 0.376 e. The molecule has 0 atom stereocenters. The van der Waals surface area contributed by atoms with Crippen LogP contribution in [0.15, 0.2) is 4.52 Å². The lowest BCUT2D eigenvalue weighted by molar-refractivity contribution is 0.102. The predicted octanol–water partition coefficient (Wildman–Crippen LogP) is 2.08. The minimum Gasteiger partial charge on any atom is -0.376 e. The molecule has 2 rings (SSSR count). The molecule has 0 radical (unpaired) electrons. The number of hydrogen-bond acceptors (Lipinski definition) is 3. The molecule has 3 nitrogen and oxygen atoms in total. The Morgan fingerprint density at radius 3 is 2.75 bits per heavy atom. The van der Waals surface area contributed by atoms with Crippen LogP contribution < -0.4 is 0 Å². The van der Waals surface area contributed by atoms with Crippen LogP contribution in [0.3, 0.4) is 0 Å². The normalized spacial score (nSPS) is 14.6. The monoisotopic (exact) mass is 169 g/mol. The summed E-state index contributed by atoms with van der Waals surface area (Å²) < 4.78 is 10.3. The van der Waals surface area contributed by atoms with Gasteiger partial charge in [-0.1, -0.05) is 19.0 Å². The molecule has 0 fully saturated rings. The van der Waals surface area contributed by atoms with E-state index >= 15 is 0 Å². The zero-order chi connectivity index (χ0) is 8.97. The Labute approximate surface area is 72.7 Å². The molecule has 0 amide bonds. The number of rotatable bonds is 0. The van der Waals surface area contributed by atoms with Gasteiger partial charge in [0.05, 0.1) is 18.9 Å². The van der Waals surface area contributed by atoms with Gasteiger partial charge in [-0.3, -0.25) is 0 Å². The summed E-state index contributed by atoms with van der Waals surface area (Å²) in [5.41, 5.74) is 2.11. The summed E-state index contributed by atoms with van der Waals surface area (Å²) in [6.45, 7) is 7.38. The van der Waals surface area contributed by atoms with E-state index in [0.717, 1.165) is 30.0 Å². The van der Waals surface area contributed by atoms with E-state index in [9.17, 15) is 0 Å². The maximum Gasteiger partial charge on any atom is 0.144 e. The first-order valence-electron chi connectivity index (χ1n) is 4.39. The number of ether oxygens (including phenoxy) is 1. The van der Waals surface area contributed by atoms with Gasteiger partial charge < -0.3 is 9.26 Å². The standard InChI is InChI=1S/C7H9NO2.C2H6/c1-5-6-4-9-3-2-7(6)10-8-5;1-2/h2-4H2,1H3;1-2H3. The fraction of sp³-hybridized carbons (Fsp3) is 0.667. The first-order chi connectivity index (χ1) is 5.88. The molecule has 0 aromatic carbocycles. The van der Waals surface area contributed by atoms with Crippen molar-refractivity contribution in [3.05, 3.63) is 17.0 Å². The molecule has 68 valence electrons. The van der Waals surface area contributed by atoms with Crippen molar-refractivity contribution >= 4 is 0 Å². The van der Waals surface area contributed by atoms with Gasteiger partial charge in [-0.25, -0.2) is 0 Å². The van der Waals surface area contributed by atoms with E-state index in [0.29, 0.717) is 6.61 Å². The number of nitrogens with zero attached hydrogens (tertiary/aromatic N) is 1. The Balaban J connectivity index is 0.000000336. The Bertz CT molecular complexity index is 243. The minimum absolute atomic E-state index is 0.671. The highest BCUT2D eigenvalue weighted by molar-refractivity contribution is 5.22. The average Bonchev–Trinajstić information content (AvgIpc) is 2.53. The Morgan fingerprint density at radius 1 is 1.33 bits per heavy atom. The van der Waals surface area contributed by atoms with E-state index in [1.54, 1.807) is 0 Å². The summed E-state index contributed by atoms with van der Waals surface area (Å²) in [5.74, 6) is 1.00. The van der Waals surface area contributed by atoms with Crippen LogP contribution in [0.5, 0.6) is 0 Å². The molecular weight excluding hydrogens is 154 g/mol. The van der Waals surface area contributed by atoms with Gasteiger partial charge in [0.25, 0.3) is 0 Å². The van der Waals surface area contributed by atoms with Crippen molar-refractivity contribution in [2.75, 3.05) is 6.61 Å². The average molecular weight is 169 g/mol. The highest BCUT2D eigenvalue weighted by Crippen LogP contribution is 2.18. The number of aromatic nitrogens is 1. The van der Waals surface area contributed by atoms with Crippen molar-refractivity contribution < 1.29 is 9.26 Å². The van der Waals surface area contributed by atoms with E-state index in [2.05, 4.69) is 5.16 Å². The second kappa shape index (κ2) is 4.26. The van der Waals surface area contributed by atoms with Gasteiger partial charge in [-0.05, 0) is 6.92 Å². The summed E-state index contributed by atoms with van der Waals surface area (Å²) in [6, 6.07) is 0. The molecule has 0 spiro atoms. The van der Waals surface area contributed by atoms with E-state index < -0.39 is 0 Å². The van der Waals surface area contributed by atoms with Gasteiger partial charge in [0.15, 0.2) is 0 Å². The third-order valence-electron chi connectivity index (χ3n) is 1.79. The van der Waals surface area contributed by atoms with Crippen LogP contribution in [0.1, 0.15) is 30.9 Å². The summed E-state index contributed by atoms with van der Waals surface area (Å²) in [6.07, 6.45) is 0.871. The lowest BCUT2D eigenvalue weighted by Crippen LogP contribution is -2.07.